The second kappa shape index (κ2) is 6.58. The van der Waals surface area contributed by atoms with Crippen LogP contribution in [0.1, 0.15) is 20.3 Å². The molecule has 2 nitrogen and oxygen atoms in total. The van der Waals surface area contributed by atoms with Gasteiger partial charge in [-0.25, -0.2) is 0 Å². The molecule has 0 radical (unpaired) electrons. The lowest BCUT2D eigenvalue weighted by atomic mass is 9.88. The van der Waals surface area contributed by atoms with Crippen molar-refractivity contribution in [1.82, 2.24) is 0 Å². The lowest BCUT2D eigenvalue weighted by Crippen LogP contribution is -2.29. The van der Waals surface area contributed by atoms with Crippen molar-refractivity contribution in [1.29, 1.82) is 0 Å². The molecule has 1 unspecified atom stereocenters. The molecule has 0 heterocycles. The first-order valence-corrected chi connectivity index (χ1v) is 7.17. The highest BCUT2D eigenvalue weighted by Crippen LogP contribution is 2.23. The van der Waals surface area contributed by atoms with Crippen molar-refractivity contribution < 1.29 is 5.11 Å². The molecule has 0 spiro atoms. The fraction of sp³-hybridized carbons (Fsp3) is 0.333. The lowest BCUT2D eigenvalue weighted by Gasteiger charge is -2.26. The first-order valence-electron chi connectivity index (χ1n) is 7.17. The molecular formula is C18H23NO. The molecule has 0 saturated heterocycles. The van der Waals surface area contributed by atoms with Gasteiger partial charge in [-0.05, 0) is 29.7 Å². The van der Waals surface area contributed by atoms with Gasteiger partial charge < -0.3 is 10.4 Å². The van der Waals surface area contributed by atoms with Gasteiger partial charge in [-0.1, -0.05) is 56.3 Å². The van der Waals surface area contributed by atoms with Crippen LogP contribution < -0.4 is 5.32 Å². The number of anilines is 1. The number of aliphatic hydroxyl groups excluding tert-OH is 1. The molecule has 1 atom stereocenters. The van der Waals surface area contributed by atoms with Gasteiger partial charge >= 0.3 is 0 Å². The second-order valence-electron chi connectivity index (χ2n) is 5.62. The molecule has 0 aliphatic heterocycles. The maximum atomic E-state index is 9.42. The Bertz CT molecular complexity index is 515. The molecule has 2 N–H and O–H groups in total. The number of hydrogen-bond donors (Lipinski definition) is 2. The van der Waals surface area contributed by atoms with Gasteiger partial charge in [-0.2, -0.15) is 0 Å². The molecule has 20 heavy (non-hydrogen) atoms. The van der Waals surface area contributed by atoms with Crippen molar-refractivity contribution >= 4 is 5.69 Å². The molecule has 2 aromatic carbocycles. The first-order chi connectivity index (χ1) is 9.67. The van der Waals surface area contributed by atoms with Gasteiger partial charge in [0.1, 0.15) is 0 Å². The fourth-order valence-electron chi connectivity index (χ4n) is 2.02. The first kappa shape index (κ1) is 14.6. The molecule has 0 amide bonds. The van der Waals surface area contributed by atoms with Crippen LogP contribution in [-0.2, 0) is 0 Å². The van der Waals surface area contributed by atoms with Crippen molar-refractivity contribution in [3.05, 3.63) is 54.6 Å². The van der Waals surface area contributed by atoms with Crippen LogP contribution in [0, 0.1) is 5.41 Å². The van der Waals surface area contributed by atoms with Crippen LogP contribution >= 0.6 is 0 Å². The topological polar surface area (TPSA) is 32.3 Å². The SMILES string of the molecule is CCC(C)(CO)CNc1ccc(-c2ccccc2)cc1. The lowest BCUT2D eigenvalue weighted by molar-refractivity contribution is 0.149. The maximum Gasteiger partial charge on any atom is 0.0501 e. The Hall–Kier alpha value is -1.80. The van der Waals surface area contributed by atoms with Crippen LogP contribution in [0.25, 0.3) is 11.1 Å². The smallest absolute Gasteiger partial charge is 0.0501 e. The van der Waals surface area contributed by atoms with E-state index < -0.39 is 0 Å². The van der Waals surface area contributed by atoms with Gasteiger partial charge in [-0.15, -0.1) is 0 Å². The summed E-state index contributed by atoms with van der Waals surface area (Å²) in [5.74, 6) is 0. The van der Waals surface area contributed by atoms with E-state index in [1.165, 1.54) is 11.1 Å². The summed E-state index contributed by atoms with van der Waals surface area (Å²) in [6.07, 6.45) is 0.957. The molecular weight excluding hydrogens is 246 g/mol. The minimum absolute atomic E-state index is 0.0574. The van der Waals surface area contributed by atoms with Crippen LogP contribution in [0.15, 0.2) is 54.6 Å². The average molecular weight is 269 g/mol. The quantitative estimate of drug-likeness (QED) is 0.824. The highest BCUT2D eigenvalue weighted by molar-refractivity contribution is 5.65. The molecule has 106 valence electrons. The predicted octanol–water partition coefficient (Wildman–Crippen LogP) is 4.17. The number of nitrogens with one attached hydrogen (secondary N) is 1. The Kier molecular flexibility index (Phi) is 4.80. The average Bonchev–Trinajstić information content (AvgIpc) is 2.54. The third-order valence-corrected chi connectivity index (χ3v) is 3.95. The molecule has 2 rings (SSSR count). The Labute approximate surface area is 121 Å². The normalized spacial score (nSPS) is 13.8. The van der Waals surface area contributed by atoms with Crippen molar-refractivity contribution in [2.45, 2.75) is 20.3 Å². The number of aliphatic hydroxyl groups is 1. The zero-order valence-electron chi connectivity index (χ0n) is 12.3. The molecule has 0 aliphatic carbocycles. The zero-order valence-corrected chi connectivity index (χ0v) is 12.3. The fourth-order valence-corrected chi connectivity index (χ4v) is 2.02. The zero-order chi connectivity index (χ0) is 14.4. The Morgan fingerprint density at radius 3 is 2.10 bits per heavy atom. The summed E-state index contributed by atoms with van der Waals surface area (Å²) in [5, 5.41) is 12.8. The van der Waals surface area contributed by atoms with Gasteiger partial charge in [0, 0.05) is 17.6 Å². The van der Waals surface area contributed by atoms with Crippen LogP contribution in [0.4, 0.5) is 5.69 Å². The summed E-state index contributed by atoms with van der Waals surface area (Å²) in [6.45, 7) is 5.19. The van der Waals surface area contributed by atoms with E-state index in [0.29, 0.717) is 0 Å². The maximum absolute atomic E-state index is 9.42. The van der Waals surface area contributed by atoms with E-state index in [4.69, 9.17) is 0 Å². The third kappa shape index (κ3) is 3.61. The Balaban J connectivity index is 2.02. The molecule has 0 aromatic heterocycles. The van der Waals surface area contributed by atoms with Gasteiger partial charge in [0.05, 0.1) is 6.61 Å². The van der Waals surface area contributed by atoms with Crippen molar-refractivity contribution in [3.8, 4) is 11.1 Å². The van der Waals surface area contributed by atoms with Gasteiger partial charge in [0.2, 0.25) is 0 Å². The second-order valence-corrected chi connectivity index (χ2v) is 5.62. The van der Waals surface area contributed by atoms with E-state index in [9.17, 15) is 5.11 Å². The molecule has 2 aromatic rings. The number of hydrogen-bond acceptors (Lipinski definition) is 2. The summed E-state index contributed by atoms with van der Waals surface area (Å²) in [6, 6.07) is 18.8. The summed E-state index contributed by atoms with van der Waals surface area (Å²) in [7, 11) is 0. The summed E-state index contributed by atoms with van der Waals surface area (Å²) in [5.41, 5.74) is 3.49. The monoisotopic (exact) mass is 269 g/mol. The van der Waals surface area contributed by atoms with Crippen molar-refractivity contribution in [2.24, 2.45) is 5.41 Å². The summed E-state index contributed by atoms with van der Waals surface area (Å²) in [4.78, 5) is 0. The van der Waals surface area contributed by atoms with Gasteiger partial charge in [-0.3, -0.25) is 0 Å². The number of rotatable bonds is 6. The number of benzene rings is 2. The van der Waals surface area contributed by atoms with E-state index >= 15 is 0 Å². The van der Waals surface area contributed by atoms with E-state index in [0.717, 1.165) is 18.7 Å². The van der Waals surface area contributed by atoms with Gasteiger partial charge in [0.15, 0.2) is 0 Å². The largest absolute Gasteiger partial charge is 0.396 e. The summed E-state index contributed by atoms with van der Waals surface area (Å²) < 4.78 is 0. The van der Waals surface area contributed by atoms with Crippen LogP contribution in [-0.4, -0.2) is 18.3 Å². The molecule has 0 bridgehead atoms. The Morgan fingerprint density at radius 2 is 1.55 bits per heavy atom. The van der Waals surface area contributed by atoms with E-state index in [-0.39, 0.29) is 12.0 Å². The predicted molar refractivity (Wildman–Crippen MR) is 85.9 cm³/mol. The summed E-state index contributed by atoms with van der Waals surface area (Å²) >= 11 is 0. The van der Waals surface area contributed by atoms with E-state index in [1.54, 1.807) is 0 Å². The van der Waals surface area contributed by atoms with Crippen molar-refractivity contribution in [2.75, 3.05) is 18.5 Å². The standard InChI is InChI=1S/C18H23NO/c1-3-18(2,14-20)13-19-17-11-9-16(10-12-17)15-7-5-4-6-8-15/h4-12,19-20H,3,13-14H2,1-2H3. The molecule has 2 heteroatoms. The molecule has 0 saturated carbocycles. The van der Waals surface area contributed by atoms with Gasteiger partial charge in [0.25, 0.3) is 0 Å². The molecule has 0 aliphatic rings. The van der Waals surface area contributed by atoms with Crippen molar-refractivity contribution in [3.63, 3.8) is 0 Å². The van der Waals surface area contributed by atoms with Crippen LogP contribution in [0.3, 0.4) is 0 Å². The van der Waals surface area contributed by atoms with E-state index in [2.05, 4.69) is 67.7 Å². The Morgan fingerprint density at radius 1 is 0.950 bits per heavy atom. The molecule has 0 fully saturated rings. The van der Waals surface area contributed by atoms with E-state index in [1.807, 2.05) is 6.07 Å². The highest BCUT2D eigenvalue weighted by atomic mass is 16.3. The van der Waals surface area contributed by atoms with Crippen LogP contribution in [0.2, 0.25) is 0 Å². The third-order valence-electron chi connectivity index (χ3n) is 3.95. The minimum atomic E-state index is -0.0574. The highest BCUT2D eigenvalue weighted by Gasteiger charge is 2.20. The van der Waals surface area contributed by atoms with Crippen LogP contribution in [0.5, 0.6) is 0 Å². The minimum Gasteiger partial charge on any atom is -0.396 e.